The lowest BCUT2D eigenvalue weighted by atomic mass is 10.2. The van der Waals surface area contributed by atoms with Crippen molar-refractivity contribution in [2.75, 3.05) is 26.3 Å². The van der Waals surface area contributed by atoms with Gasteiger partial charge in [-0.3, -0.25) is 4.79 Å². The van der Waals surface area contributed by atoms with Gasteiger partial charge in [-0.25, -0.2) is 0 Å². The van der Waals surface area contributed by atoms with Crippen LogP contribution in [-0.4, -0.2) is 42.2 Å². The highest BCUT2D eigenvalue weighted by Gasteiger charge is 2.22. The minimum absolute atomic E-state index is 0.122. The number of hydrogen-bond donors (Lipinski definition) is 1. The number of ether oxygens (including phenoxy) is 1. The maximum atomic E-state index is 12.2. The fraction of sp³-hybridized carbons (Fsp3) is 0.308. The highest BCUT2D eigenvalue weighted by atomic mass is 16.5. The summed E-state index contributed by atoms with van der Waals surface area (Å²) in [5.74, 6) is 0.222. The summed E-state index contributed by atoms with van der Waals surface area (Å²) < 4.78 is 10.7. The number of rotatable bonds is 1. The molecular formula is C13H13NO4. The highest BCUT2D eigenvalue weighted by molar-refractivity contribution is 5.97. The van der Waals surface area contributed by atoms with Crippen molar-refractivity contribution in [3.63, 3.8) is 0 Å². The molecule has 18 heavy (non-hydrogen) atoms. The minimum atomic E-state index is -0.158. The van der Waals surface area contributed by atoms with Gasteiger partial charge in [0.1, 0.15) is 11.3 Å². The molecule has 0 radical (unpaired) electrons. The molecule has 1 aromatic heterocycles. The number of benzene rings is 1. The monoisotopic (exact) mass is 247 g/mol. The van der Waals surface area contributed by atoms with E-state index in [9.17, 15) is 9.90 Å². The molecule has 0 aliphatic carbocycles. The predicted octanol–water partition coefficient (Wildman–Crippen LogP) is 1.61. The first-order valence-electron chi connectivity index (χ1n) is 5.84. The molecule has 5 nitrogen and oxygen atoms in total. The van der Waals surface area contributed by atoms with E-state index in [0.717, 1.165) is 0 Å². The molecule has 1 fully saturated rings. The van der Waals surface area contributed by atoms with Crippen LogP contribution in [0.1, 0.15) is 10.6 Å². The summed E-state index contributed by atoms with van der Waals surface area (Å²) in [4.78, 5) is 13.9. The van der Waals surface area contributed by atoms with Gasteiger partial charge in [0.15, 0.2) is 5.76 Å². The molecule has 1 aliphatic heterocycles. The summed E-state index contributed by atoms with van der Waals surface area (Å²) in [6, 6.07) is 6.57. The molecule has 0 unspecified atom stereocenters. The number of furan rings is 1. The Morgan fingerprint density at radius 2 is 2.06 bits per heavy atom. The third kappa shape index (κ3) is 1.82. The number of phenolic OH excluding ortho intramolecular Hbond substituents is 1. The van der Waals surface area contributed by atoms with Crippen molar-refractivity contribution >= 4 is 16.9 Å². The van der Waals surface area contributed by atoms with E-state index >= 15 is 0 Å². The normalized spacial score (nSPS) is 16.1. The molecule has 94 valence electrons. The summed E-state index contributed by atoms with van der Waals surface area (Å²) in [7, 11) is 0. The molecule has 0 spiro atoms. The molecule has 1 N–H and O–H groups in total. The zero-order valence-electron chi connectivity index (χ0n) is 9.76. The van der Waals surface area contributed by atoms with Crippen molar-refractivity contribution in [2.45, 2.75) is 0 Å². The molecule has 1 aromatic carbocycles. The largest absolute Gasteiger partial charge is 0.507 e. The number of nitrogens with zero attached hydrogens (tertiary/aromatic N) is 1. The fourth-order valence-corrected chi connectivity index (χ4v) is 2.07. The van der Waals surface area contributed by atoms with Crippen molar-refractivity contribution in [2.24, 2.45) is 0 Å². The van der Waals surface area contributed by atoms with Crippen molar-refractivity contribution in [1.29, 1.82) is 0 Å². The van der Waals surface area contributed by atoms with Crippen LogP contribution in [0.15, 0.2) is 28.7 Å². The average molecular weight is 247 g/mol. The Bertz CT molecular complexity index is 584. The summed E-state index contributed by atoms with van der Waals surface area (Å²) in [6.45, 7) is 2.25. The standard InChI is InChI=1S/C13H13NO4/c15-10-2-1-3-11-9(10)8-12(18-11)13(16)14-4-6-17-7-5-14/h1-3,8,15H,4-7H2. The summed E-state index contributed by atoms with van der Waals surface area (Å²) in [6.07, 6.45) is 0. The fourth-order valence-electron chi connectivity index (χ4n) is 2.07. The van der Waals surface area contributed by atoms with Crippen molar-refractivity contribution < 1.29 is 19.1 Å². The van der Waals surface area contributed by atoms with Crippen LogP contribution in [0, 0.1) is 0 Å². The quantitative estimate of drug-likeness (QED) is 0.831. The molecule has 1 aliphatic rings. The predicted molar refractivity (Wildman–Crippen MR) is 64.6 cm³/mol. The van der Waals surface area contributed by atoms with Crippen LogP contribution >= 0.6 is 0 Å². The van der Waals surface area contributed by atoms with E-state index in [2.05, 4.69) is 0 Å². The van der Waals surface area contributed by atoms with E-state index in [1.807, 2.05) is 0 Å². The molecule has 5 heteroatoms. The van der Waals surface area contributed by atoms with Crippen LogP contribution in [0.3, 0.4) is 0 Å². The number of fused-ring (bicyclic) bond motifs is 1. The van der Waals surface area contributed by atoms with Crippen LogP contribution in [-0.2, 0) is 4.74 Å². The molecule has 0 saturated carbocycles. The van der Waals surface area contributed by atoms with Crippen molar-refractivity contribution in [1.82, 2.24) is 4.90 Å². The van der Waals surface area contributed by atoms with E-state index in [1.54, 1.807) is 29.2 Å². The molecule has 1 saturated heterocycles. The smallest absolute Gasteiger partial charge is 0.289 e. The molecule has 1 amide bonds. The van der Waals surface area contributed by atoms with E-state index in [-0.39, 0.29) is 17.4 Å². The van der Waals surface area contributed by atoms with Gasteiger partial charge in [0.2, 0.25) is 0 Å². The van der Waals surface area contributed by atoms with E-state index in [0.29, 0.717) is 37.3 Å². The van der Waals surface area contributed by atoms with Gasteiger partial charge in [-0.05, 0) is 12.1 Å². The van der Waals surface area contributed by atoms with Gasteiger partial charge in [0.05, 0.1) is 18.6 Å². The third-order valence-electron chi connectivity index (χ3n) is 3.05. The van der Waals surface area contributed by atoms with Crippen LogP contribution in [0.25, 0.3) is 11.0 Å². The first-order valence-corrected chi connectivity index (χ1v) is 5.84. The van der Waals surface area contributed by atoms with Gasteiger partial charge in [0, 0.05) is 19.2 Å². The maximum Gasteiger partial charge on any atom is 0.289 e. The second kappa shape index (κ2) is 4.34. The number of phenols is 1. The molecule has 2 aromatic rings. The lowest BCUT2D eigenvalue weighted by molar-refractivity contribution is 0.0284. The number of amides is 1. The van der Waals surface area contributed by atoms with E-state index in [4.69, 9.17) is 9.15 Å². The second-order valence-corrected chi connectivity index (χ2v) is 4.20. The summed E-state index contributed by atoms with van der Waals surface area (Å²) in [5.41, 5.74) is 0.520. The zero-order valence-corrected chi connectivity index (χ0v) is 9.76. The van der Waals surface area contributed by atoms with Gasteiger partial charge in [-0.15, -0.1) is 0 Å². The van der Waals surface area contributed by atoms with Crippen LogP contribution < -0.4 is 0 Å². The van der Waals surface area contributed by atoms with Gasteiger partial charge in [-0.2, -0.15) is 0 Å². The first-order chi connectivity index (χ1) is 8.75. The lowest BCUT2D eigenvalue weighted by Gasteiger charge is -2.25. The van der Waals surface area contributed by atoms with Gasteiger partial charge >= 0.3 is 0 Å². The Balaban J connectivity index is 1.94. The molecule has 2 heterocycles. The summed E-state index contributed by atoms with van der Waals surface area (Å²) in [5, 5.41) is 10.2. The number of aromatic hydroxyl groups is 1. The zero-order chi connectivity index (χ0) is 12.5. The van der Waals surface area contributed by atoms with Crippen LogP contribution in [0.4, 0.5) is 0 Å². The van der Waals surface area contributed by atoms with Crippen molar-refractivity contribution in [3.8, 4) is 5.75 Å². The molecule has 0 bridgehead atoms. The molecule has 0 atom stereocenters. The maximum absolute atomic E-state index is 12.2. The number of morpholine rings is 1. The molecular weight excluding hydrogens is 234 g/mol. The minimum Gasteiger partial charge on any atom is -0.507 e. The topological polar surface area (TPSA) is 62.9 Å². The average Bonchev–Trinajstić information content (AvgIpc) is 2.84. The number of carbonyl (C=O) groups excluding carboxylic acids is 1. The lowest BCUT2D eigenvalue weighted by Crippen LogP contribution is -2.40. The first kappa shape index (κ1) is 11.1. The Morgan fingerprint density at radius 3 is 2.78 bits per heavy atom. The van der Waals surface area contributed by atoms with Crippen LogP contribution in [0.5, 0.6) is 5.75 Å². The Kier molecular flexibility index (Phi) is 2.68. The molecule has 3 rings (SSSR count). The Hall–Kier alpha value is -2.01. The van der Waals surface area contributed by atoms with Gasteiger partial charge in [-0.1, -0.05) is 6.07 Å². The SMILES string of the molecule is O=C(c1cc2c(O)cccc2o1)N1CCOCC1. The van der Waals surface area contributed by atoms with Gasteiger partial charge < -0.3 is 19.2 Å². The van der Waals surface area contributed by atoms with Gasteiger partial charge in [0.25, 0.3) is 5.91 Å². The Labute approximate surface area is 104 Å². The number of carbonyl (C=O) groups is 1. The highest BCUT2D eigenvalue weighted by Crippen LogP contribution is 2.28. The summed E-state index contributed by atoms with van der Waals surface area (Å²) >= 11 is 0. The van der Waals surface area contributed by atoms with E-state index < -0.39 is 0 Å². The van der Waals surface area contributed by atoms with E-state index in [1.165, 1.54) is 0 Å². The number of hydrogen-bond acceptors (Lipinski definition) is 4. The second-order valence-electron chi connectivity index (χ2n) is 4.20. The third-order valence-corrected chi connectivity index (χ3v) is 3.05. The van der Waals surface area contributed by atoms with Crippen LogP contribution in [0.2, 0.25) is 0 Å². The van der Waals surface area contributed by atoms with Crippen molar-refractivity contribution in [3.05, 3.63) is 30.0 Å². The Morgan fingerprint density at radius 1 is 1.28 bits per heavy atom.